The molecule has 1 aliphatic rings. The molecule has 0 bridgehead atoms. The summed E-state index contributed by atoms with van der Waals surface area (Å²) in [6.45, 7) is 1.45. The van der Waals surface area contributed by atoms with Crippen molar-refractivity contribution in [1.29, 1.82) is 0 Å². The molecule has 6 nitrogen and oxygen atoms in total. The van der Waals surface area contributed by atoms with E-state index in [0.717, 1.165) is 19.5 Å². The second-order valence-corrected chi connectivity index (χ2v) is 3.20. The van der Waals surface area contributed by atoms with Crippen LogP contribution in [0.15, 0.2) is 6.20 Å². The molecule has 0 atom stereocenters. The van der Waals surface area contributed by atoms with Gasteiger partial charge in [0.05, 0.1) is 0 Å². The molecule has 0 spiro atoms. The van der Waals surface area contributed by atoms with Gasteiger partial charge in [0.15, 0.2) is 0 Å². The Hall–Kier alpha value is -1.98. The maximum Gasteiger partial charge on any atom is 0.286 e. The van der Waals surface area contributed by atoms with Crippen LogP contribution in [0.2, 0.25) is 0 Å². The summed E-state index contributed by atoms with van der Waals surface area (Å²) in [5, 5.41) is 0. The van der Waals surface area contributed by atoms with Gasteiger partial charge >= 0.3 is 0 Å². The Balaban J connectivity index is 2.23. The molecule has 6 heteroatoms. The molecule has 1 saturated heterocycles. The molecule has 0 aromatic carbocycles. The number of hydrogen-bond donors (Lipinski definition) is 1. The lowest BCUT2D eigenvalue weighted by Crippen LogP contribution is -2.42. The van der Waals surface area contributed by atoms with E-state index in [1.54, 1.807) is 4.90 Å². The van der Waals surface area contributed by atoms with E-state index in [1.165, 1.54) is 6.20 Å². The van der Waals surface area contributed by atoms with Gasteiger partial charge in [0.25, 0.3) is 11.8 Å². The van der Waals surface area contributed by atoms with Crippen molar-refractivity contribution in [2.75, 3.05) is 13.1 Å². The Morgan fingerprint density at radius 1 is 1.47 bits per heavy atom. The van der Waals surface area contributed by atoms with Crippen LogP contribution in [0.4, 0.5) is 0 Å². The van der Waals surface area contributed by atoms with Crippen LogP contribution in [-0.2, 0) is 0 Å². The lowest BCUT2D eigenvalue weighted by Gasteiger charge is -2.30. The fourth-order valence-electron chi connectivity index (χ4n) is 1.22. The molecule has 2 heterocycles. The fraction of sp³-hybridized carbons (Fsp3) is 0.333. The predicted molar refractivity (Wildman–Crippen MR) is 49.9 cm³/mol. The highest BCUT2D eigenvalue weighted by molar-refractivity contribution is 5.94. The van der Waals surface area contributed by atoms with E-state index < -0.39 is 5.91 Å². The summed E-state index contributed by atoms with van der Waals surface area (Å²) in [4.78, 5) is 31.4. The van der Waals surface area contributed by atoms with Gasteiger partial charge in [-0.1, -0.05) is 0 Å². The van der Waals surface area contributed by atoms with Crippen molar-refractivity contribution in [1.82, 2.24) is 14.9 Å². The maximum absolute atomic E-state index is 11.7. The van der Waals surface area contributed by atoms with Gasteiger partial charge < -0.3 is 10.6 Å². The van der Waals surface area contributed by atoms with Crippen molar-refractivity contribution < 1.29 is 9.59 Å². The molecular formula is C9H9N4O2. The molecule has 0 saturated carbocycles. The van der Waals surface area contributed by atoms with Crippen molar-refractivity contribution in [3.8, 4) is 0 Å². The number of hydrogen-bond acceptors (Lipinski definition) is 4. The minimum absolute atomic E-state index is 0.0958. The first-order chi connectivity index (χ1) is 7.18. The number of rotatable bonds is 2. The average Bonchev–Trinajstić information content (AvgIpc) is 2.15. The van der Waals surface area contributed by atoms with Gasteiger partial charge in [-0.05, 0) is 6.42 Å². The summed E-state index contributed by atoms with van der Waals surface area (Å²) in [7, 11) is 0. The van der Waals surface area contributed by atoms with E-state index >= 15 is 0 Å². The zero-order chi connectivity index (χ0) is 10.8. The molecule has 15 heavy (non-hydrogen) atoms. The summed E-state index contributed by atoms with van der Waals surface area (Å²) >= 11 is 0. The smallest absolute Gasteiger partial charge is 0.286 e. The Kier molecular flexibility index (Phi) is 2.32. The lowest BCUT2D eigenvalue weighted by molar-refractivity contribution is 0.0645. The van der Waals surface area contributed by atoms with Crippen LogP contribution in [0.5, 0.6) is 0 Å². The minimum Gasteiger partial charge on any atom is -0.363 e. The van der Waals surface area contributed by atoms with Crippen molar-refractivity contribution in [2.45, 2.75) is 6.42 Å². The molecule has 0 aliphatic carbocycles. The minimum atomic E-state index is -0.748. The second-order valence-electron chi connectivity index (χ2n) is 3.20. The number of amides is 2. The van der Waals surface area contributed by atoms with Crippen molar-refractivity contribution in [3.63, 3.8) is 0 Å². The Morgan fingerprint density at radius 2 is 2.20 bits per heavy atom. The van der Waals surface area contributed by atoms with Crippen LogP contribution in [-0.4, -0.2) is 39.8 Å². The van der Waals surface area contributed by atoms with Crippen LogP contribution >= 0.6 is 0 Å². The SMILES string of the molecule is NC(=O)c1nc[c]c(C(=O)N2CCC2)n1. The highest BCUT2D eigenvalue weighted by Crippen LogP contribution is 2.10. The molecule has 2 rings (SSSR count). The fourth-order valence-corrected chi connectivity index (χ4v) is 1.22. The van der Waals surface area contributed by atoms with Gasteiger partial charge in [-0.15, -0.1) is 0 Å². The third kappa shape index (κ3) is 1.78. The summed E-state index contributed by atoms with van der Waals surface area (Å²) in [6, 6.07) is 2.59. The van der Waals surface area contributed by atoms with E-state index in [9.17, 15) is 9.59 Å². The highest BCUT2D eigenvalue weighted by Gasteiger charge is 2.23. The van der Waals surface area contributed by atoms with Crippen LogP contribution < -0.4 is 5.73 Å². The van der Waals surface area contributed by atoms with E-state index in [4.69, 9.17) is 5.73 Å². The van der Waals surface area contributed by atoms with E-state index in [0.29, 0.717) is 0 Å². The molecule has 0 unspecified atom stereocenters. The first kappa shape index (κ1) is 9.57. The average molecular weight is 205 g/mol. The molecule has 2 N–H and O–H groups in total. The Morgan fingerprint density at radius 3 is 2.73 bits per heavy atom. The van der Waals surface area contributed by atoms with Crippen molar-refractivity contribution in [3.05, 3.63) is 23.8 Å². The zero-order valence-electron chi connectivity index (χ0n) is 7.93. The predicted octanol–water partition coefficient (Wildman–Crippen LogP) is -0.778. The Labute approximate surface area is 86.1 Å². The molecule has 1 radical (unpaired) electrons. The van der Waals surface area contributed by atoms with Gasteiger partial charge in [0, 0.05) is 25.4 Å². The standard InChI is InChI=1S/C9H9N4O2/c10-7(14)8-11-3-2-6(12-8)9(15)13-4-1-5-13/h3H,1,4-5H2,(H2,10,14). The number of carbonyl (C=O) groups is 2. The van der Waals surface area contributed by atoms with Gasteiger partial charge in [-0.3, -0.25) is 9.59 Å². The largest absolute Gasteiger partial charge is 0.363 e. The summed E-state index contributed by atoms with van der Waals surface area (Å²) in [5.41, 5.74) is 5.10. The molecule has 1 fully saturated rings. The van der Waals surface area contributed by atoms with Crippen molar-refractivity contribution in [2.24, 2.45) is 5.73 Å². The number of carbonyl (C=O) groups excluding carboxylic acids is 2. The number of aromatic nitrogens is 2. The van der Waals surface area contributed by atoms with E-state index in [1.807, 2.05) is 0 Å². The normalized spacial score (nSPS) is 14.5. The molecule has 77 valence electrons. The van der Waals surface area contributed by atoms with Crippen LogP contribution in [0, 0.1) is 6.07 Å². The number of nitrogens with two attached hydrogens (primary N) is 1. The number of primary amides is 1. The molecule has 1 aromatic heterocycles. The first-order valence-corrected chi connectivity index (χ1v) is 4.52. The van der Waals surface area contributed by atoms with Crippen molar-refractivity contribution >= 4 is 11.8 Å². The summed E-state index contributed by atoms with van der Waals surface area (Å²) in [5.74, 6) is -1.13. The van der Waals surface area contributed by atoms with E-state index in [-0.39, 0.29) is 17.4 Å². The zero-order valence-corrected chi connectivity index (χ0v) is 7.93. The summed E-state index contributed by atoms with van der Waals surface area (Å²) < 4.78 is 0. The highest BCUT2D eigenvalue weighted by atomic mass is 16.2. The van der Waals surface area contributed by atoms with E-state index in [2.05, 4.69) is 16.0 Å². The molecular weight excluding hydrogens is 196 g/mol. The lowest BCUT2D eigenvalue weighted by atomic mass is 10.2. The van der Waals surface area contributed by atoms with Crippen LogP contribution in [0.25, 0.3) is 0 Å². The third-order valence-corrected chi connectivity index (χ3v) is 2.17. The van der Waals surface area contributed by atoms with Gasteiger partial charge in [0.1, 0.15) is 5.69 Å². The number of likely N-dealkylation sites (tertiary alicyclic amines) is 1. The number of nitrogens with zero attached hydrogens (tertiary/aromatic N) is 3. The van der Waals surface area contributed by atoms with Crippen LogP contribution in [0.3, 0.4) is 0 Å². The third-order valence-electron chi connectivity index (χ3n) is 2.17. The summed E-state index contributed by atoms with van der Waals surface area (Å²) in [6.07, 6.45) is 2.24. The second kappa shape index (κ2) is 3.64. The molecule has 1 aromatic rings. The quantitative estimate of drug-likeness (QED) is 0.686. The topological polar surface area (TPSA) is 89.2 Å². The van der Waals surface area contributed by atoms with Crippen LogP contribution in [0.1, 0.15) is 27.5 Å². The molecule has 1 aliphatic heterocycles. The first-order valence-electron chi connectivity index (χ1n) is 4.52. The maximum atomic E-state index is 11.7. The van der Waals surface area contributed by atoms with Gasteiger partial charge in [-0.25, -0.2) is 9.97 Å². The molecule has 2 amide bonds. The van der Waals surface area contributed by atoms with Gasteiger partial charge in [-0.2, -0.15) is 0 Å². The van der Waals surface area contributed by atoms with Gasteiger partial charge in [0.2, 0.25) is 5.82 Å². The monoisotopic (exact) mass is 205 g/mol. The Bertz CT molecular complexity index is 414.